The van der Waals surface area contributed by atoms with Gasteiger partial charge in [-0.2, -0.15) is 0 Å². The zero-order valence-electron chi connectivity index (χ0n) is 10.6. The van der Waals surface area contributed by atoms with Gasteiger partial charge in [0.25, 0.3) is 0 Å². The minimum atomic E-state index is -0.334. The Morgan fingerprint density at radius 3 is 2.53 bits per heavy atom. The van der Waals surface area contributed by atoms with Crippen molar-refractivity contribution in [3.63, 3.8) is 0 Å². The summed E-state index contributed by atoms with van der Waals surface area (Å²) in [5.74, 6) is -0.334. The second kappa shape index (κ2) is 6.04. The van der Waals surface area contributed by atoms with E-state index in [-0.39, 0.29) is 5.97 Å². The highest BCUT2D eigenvalue weighted by Gasteiger charge is 2.06. The van der Waals surface area contributed by atoms with Crippen LogP contribution in [0.15, 0.2) is 42.5 Å². The molecule has 0 aliphatic carbocycles. The molecule has 0 bridgehead atoms. The summed E-state index contributed by atoms with van der Waals surface area (Å²) in [6.07, 6.45) is 1.50. The first-order chi connectivity index (χ1) is 9.10. The molecule has 1 heterocycles. The smallest absolute Gasteiger partial charge is 0.330 e. The third-order valence-electron chi connectivity index (χ3n) is 2.66. The van der Waals surface area contributed by atoms with E-state index in [0.29, 0.717) is 0 Å². The predicted octanol–water partition coefficient (Wildman–Crippen LogP) is 4.64. The summed E-state index contributed by atoms with van der Waals surface area (Å²) in [6.45, 7) is 1.90. The Kier molecular flexibility index (Phi) is 4.40. The molecule has 0 aliphatic heterocycles. The summed E-state index contributed by atoms with van der Waals surface area (Å²) in [5.41, 5.74) is 2.02. The van der Waals surface area contributed by atoms with Crippen molar-refractivity contribution in [1.82, 2.24) is 0 Å². The number of halogens is 1. The average molecular weight is 293 g/mol. The molecule has 1 aromatic heterocycles. The topological polar surface area (TPSA) is 26.3 Å². The molecule has 1 aromatic carbocycles. The van der Waals surface area contributed by atoms with Crippen LogP contribution in [0.5, 0.6) is 0 Å². The van der Waals surface area contributed by atoms with Crippen LogP contribution in [0.3, 0.4) is 0 Å². The minimum Gasteiger partial charge on any atom is -0.466 e. The van der Waals surface area contributed by atoms with Gasteiger partial charge in [-0.1, -0.05) is 23.7 Å². The van der Waals surface area contributed by atoms with Gasteiger partial charge in [-0.15, -0.1) is 11.3 Å². The molecule has 0 amide bonds. The molecular weight excluding hydrogens is 280 g/mol. The summed E-state index contributed by atoms with van der Waals surface area (Å²) < 4.78 is 4.62. The van der Waals surface area contributed by atoms with E-state index < -0.39 is 0 Å². The van der Waals surface area contributed by atoms with Gasteiger partial charge in [-0.25, -0.2) is 4.79 Å². The van der Waals surface area contributed by atoms with E-state index in [9.17, 15) is 4.79 Å². The lowest BCUT2D eigenvalue weighted by Gasteiger charge is -1.98. The van der Waals surface area contributed by atoms with Crippen molar-refractivity contribution in [3.8, 4) is 10.4 Å². The maximum atomic E-state index is 11.2. The van der Waals surface area contributed by atoms with Gasteiger partial charge in [0.1, 0.15) is 0 Å². The van der Waals surface area contributed by atoms with Crippen LogP contribution in [0.1, 0.15) is 11.8 Å². The maximum absolute atomic E-state index is 11.2. The fourth-order valence-electron chi connectivity index (χ4n) is 1.63. The third kappa shape index (κ3) is 3.46. The van der Waals surface area contributed by atoms with Crippen LogP contribution in [0.25, 0.3) is 16.0 Å². The average Bonchev–Trinajstić information content (AvgIpc) is 2.89. The predicted molar refractivity (Wildman–Crippen MR) is 80.4 cm³/mol. The van der Waals surface area contributed by atoms with Gasteiger partial charge in [-0.3, -0.25) is 0 Å². The summed E-state index contributed by atoms with van der Waals surface area (Å²) in [7, 11) is 1.37. The highest BCUT2D eigenvalue weighted by Crippen LogP contribution is 2.32. The second-order valence-corrected chi connectivity index (χ2v) is 5.54. The molecule has 0 fully saturated rings. The summed E-state index contributed by atoms with van der Waals surface area (Å²) in [4.78, 5) is 13.4. The molecule has 19 heavy (non-hydrogen) atoms. The lowest BCUT2D eigenvalue weighted by atomic mass is 10.2. The van der Waals surface area contributed by atoms with Crippen LogP contribution in [0, 0.1) is 0 Å². The monoisotopic (exact) mass is 292 g/mol. The Balaban J connectivity index is 2.26. The van der Waals surface area contributed by atoms with E-state index in [1.807, 2.05) is 43.3 Å². The van der Waals surface area contributed by atoms with Gasteiger partial charge in [-0.05, 0) is 42.3 Å². The van der Waals surface area contributed by atoms with E-state index in [0.717, 1.165) is 25.9 Å². The summed E-state index contributed by atoms with van der Waals surface area (Å²) in [5, 5.41) is 0.724. The molecule has 0 saturated heterocycles. The van der Waals surface area contributed by atoms with Crippen molar-refractivity contribution < 1.29 is 9.53 Å². The van der Waals surface area contributed by atoms with Gasteiger partial charge in [0.15, 0.2) is 0 Å². The van der Waals surface area contributed by atoms with Gasteiger partial charge in [0.05, 0.1) is 7.11 Å². The number of allylic oxidation sites excluding steroid dienone is 1. The number of carbonyl (C=O) groups excluding carboxylic acids is 1. The number of benzene rings is 1. The zero-order valence-corrected chi connectivity index (χ0v) is 12.2. The van der Waals surface area contributed by atoms with Crippen LogP contribution in [0.2, 0.25) is 5.02 Å². The van der Waals surface area contributed by atoms with E-state index >= 15 is 0 Å². The van der Waals surface area contributed by atoms with Gasteiger partial charge < -0.3 is 4.74 Å². The van der Waals surface area contributed by atoms with Crippen LogP contribution < -0.4 is 0 Å². The standard InChI is InChI=1S/C15H13ClO2S/c1-10(9-15(17)18-2)13-7-8-14(19-13)11-3-5-12(16)6-4-11/h3-9H,1-2H3/b10-9+. The molecule has 98 valence electrons. The Hall–Kier alpha value is -1.58. The molecule has 0 aliphatic rings. The first kappa shape index (κ1) is 13.8. The molecule has 0 unspecified atom stereocenters. The maximum Gasteiger partial charge on any atom is 0.330 e. The molecule has 0 saturated carbocycles. The molecule has 4 heteroatoms. The third-order valence-corrected chi connectivity index (χ3v) is 4.18. The number of hydrogen-bond donors (Lipinski definition) is 0. The summed E-state index contributed by atoms with van der Waals surface area (Å²) in [6, 6.07) is 11.7. The molecule has 0 N–H and O–H groups in total. The zero-order chi connectivity index (χ0) is 13.8. The van der Waals surface area contributed by atoms with Gasteiger partial charge in [0, 0.05) is 20.9 Å². The van der Waals surface area contributed by atoms with E-state index in [1.54, 1.807) is 11.3 Å². The van der Waals surface area contributed by atoms with E-state index in [4.69, 9.17) is 11.6 Å². The highest BCUT2D eigenvalue weighted by atomic mass is 35.5. The fourth-order valence-corrected chi connectivity index (χ4v) is 2.73. The lowest BCUT2D eigenvalue weighted by molar-refractivity contribution is -0.134. The van der Waals surface area contributed by atoms with Crippen LogP contribution in [-0.2, 0) is 9.53 Å². The largest absolute Gasteiger partial charge is 0.466 e. The van der Waals surface area contributed by atoms with Crippen LogP contribution in [-0.4, -0.2) is 13.1 Å². The van der Waals surface area contributed by atoms with Crippen molar-refractivity contribution >= 4 is 34.5 Å². The molecule has 2 aromatic rings. The Morgan fingerprint density at radius 2 is 1.89 bits per heavy atom. The second-order valence-electron chi connectivity index (χ2n) is 4.02. The Bertz CT molecular complexity index is 611. The highest BCUT2D eigenvalue weighted by molar-refractivity contribution is 7.16. The lowest BCUT2D eigenvalue weighted by Crippen LogP contribution is -1.94. The Labute approximate surface area is 121 Å². The molecule has 2 nitrogen and oxygen atoms in total. The normalized spacial score (nSPS) is 11.4. The van der Waals surface area contributed by atoms with Crippen molar-refractivity contribution in [1.29, 1.82) is 0 Å². The van der Waals surface area contributed by atoms with Crippen molar-refractivity contribution in [2.45, 2.75) is 6.92 Å². The fraction of sp³-hybridized carbons (Fsp3) is 0.133. The molecule has 0 spiro atoms. The number of ether oxygens (including phenoxy) is 1. The first-order valence-corrected chi connectivity index (χ1v) is 6.92. The first-order valence-electron chi connectivity index (χ1n) is 5.72. The SMILES string of the molecule is COC(=O)/C=C(\C)c1ccc(-c2ccc(Cl)cc2)s1. The molecule has 0 atom stereocenters. The molecule has 2 rings (SSSR count). The van der Waals surface area contributed by atoms with E-state index in [1.165, 1.54) is 13.2 Å². The molecule has 0 radical (unpaired) electrons. The van der Waals surface area contributed by atoms with Gasteiger partial charge in [0.2, 0.25) is 0 Å². The van der Waals surface area contributed by atoms with Crippen LogP contribution in [0.4, 0.5) is 0 Å². The minimum absolute atomic E-state index is 0.334. The summed E-state index contributed by atoms with van der Waals surface area (Å²) >= 11 is 7.50. The van der Waals surface area contributed by atoms with Crippen molar-refractivity contribution in [2.75, 3.05) is 7.11 Å². The van der Waals surface area contributed by atoms with Crippen LogP contribution >= 0.6 is 22.9 Å². The number of hydrogen-bond acceptors (Lipinski definition) is 3. The van der Waals surface area contributed by atoms with Crippen molar-refractivity contribution in [3.05, 3.63) is 52.4 Å². The van der Waals surface area contributed by atoms with E-state index in [2.05, 4.69) is 4.74 Å². The number of esters is 1. The number of carbonyl (C=O) groups is 1. The number of methoxy groups -OCH3 is 1. The van der Waals surface area contributed by atoms with Gasteiger partial charge >= 0.3 is 5.97 Å². The quantitative estimate of drug-likeness (QED) is 0.608. The Morgan fingerprint density at radius 1 is 1.21 bits per heavy atom. The van der Waals surface area contributed by atoms with Crippen molar-refractivity contribution in [2.24, 2.45) is 0 Å². The number of rotatable bonds is 3. The molecular formula is C15H13ClO2S. The number of thiophene rings is 1.